The SMILES string of the molecule is CNC(=O)c1ccc(N2CCN(Cc3ccc4nc(CC(F)F)c(=O)[nH]c4c3)CC2)cn1. The van der Waals surface area contributed by atoms with E-state index in [0.717, 1.165) is 37.4 Å². The summed E-state index contributed by atoms with van der Waals surface area (Å²) in [6.07, 6.45) is -1.54. The number of hydrogen-bond donors (Lipinski definition) is 2. The topological polar surface area (TPSA) is 94.2 Å². The van der Waals surface area contributed by atoms with E-state index in [4.69, 9.17) is 0 Å². The van der Waals surface area contributed by atoms with Crippen molar-refractivity contribution in [3.63, 3.8) is 0 Å². The Kier molecular flexibility index (Phi) is 6.40. The van der Waals surface area contributed by atoms with Gasteiger partial charge in [-0.2, -0.15) is 0 Å². The van der Waals surface area contributed by atoms with Gasteiger partial charge < -0.3 is 15.2 Å². The summed E-state index contributed by atoms with van der Waals surface area (Å²) in [6, 6.07) is 9.14. The van der Waals surface area contributed by atoms with Gasteiger partial charge in [0, 0.05) is 39.8 Å². The number of amides is 1. The summed E-state index contributed by atoms with van der Waals surface area (Å²) in [6.45, 7) is 4.04. The zero-order valence-electron chi connectivity index (χ0n) is 17.6. The van der Waals surface area contributed by atoms with Crippen molar-refractivity contribution >= 4 is 22.6 Å². The minimum absolute atomic E-state index is 0.144. The highest BCUT2D eigenvalue weighted by Crippen LogP contribution is 2.18. The van der Waals surface area contributed by atoms with Crippen LogP contribution in [0.15, 0.2) is 41.3 Å². The Balaban J connectivity index is 1.38. The lowest BCUT2D eigenvalue weighted by atomic mass is 10.1. The predicted octanol–water partition coefficient (Wildman–Crippen LogP) is 1.81. The fourth-order valence-electron chi connectivity index (χ4n) is 3.81. The molecule has 8 nitrogen and oxygen atoms in total. The molecule has 0 unspecified atom stereocenters. The highest BCUT2D eigenvalue weighted by Gasteiger charge is 2.18. The molecule has 1 aliphatic heterocycles. The van der Waals surface area contributed by atoms with Crippen molar-refractivity contribution in [1.82, 2.24) is 25.2 Å². The number of alkyl halides is 2. The average molecular weight is 442 g/mol. The molecule has 1 saturated heterocycles. The lowest BCUT2D eigenvalue weighted by Crippen LogP contribution is -2.46. The van der Waals surface area contributed by atoms with Crippen molar-refractivity contribution in [2.45, 2.75) is 19.4 Å². The zero-order chi connectivity index (χ0) is 22.7. The minimum Gasteiger partial charge on any atom is -0.368 e. The van der Waals surface area contributed by atoms with Crippen LogP contribution in [-0.2, 0) is 13.0 Å². The molecule has 0 spiro atoms. The molecule has 1 fully saturated rings. The fourth-order valence-corrected chi connectivity index (χ4v) is 3.81. The number of fused-ring (bicyclic) bond motifs is 1. The van der Waals surface area contributed by atoms with Gasteiger partial charge in [-0.3, -0.25) is 14.5 Å². The number of anilines is 1. The third-order valence-corrected chi connectivity index (χ3v) is 5.53. The van der Waals surface area contributed by atoms with Crippen molar-refractivity contribution in [3.8, 4) is 0 Å². The summed E-state index contributed by atoms with van der Waals surface area (Å²) in [4.78, 5) is 39.2. The Morgan fingerprint density at radius 1 is 1.19 bits per heavy atom. The van der Waals surface area contributed by atoms with Crippen LogP contribution in [0.25, 0.3) is 11.0 Å². The maximum absolute atomic E-state index is 12.6. The monoisotopic (exact) mass is 442 g/mol. The molecule has 0 saturated carbocycles. The summed E-state index contributed by atoms with van der Waals surface area (Å²) in [5, 5.41) is 2.56. The zero-order valence-corrected chi connectivity index (χ0v) is 17.6. The molecule has 2 N–H and O–H groups in total. The maximum atomic E-state index is 12.6. The van der Waals surface area contributed by atoms with Crippen molar-refractivity contribution in [2.75, 3.05) is 38.1 Å². The fraction of sp³-hybridized carbons (Fsp3) is 0.364. The van der Waals surface area contributed by atoms with Crippen LogP contribution in [0.4, 0.5) is 14.5 Å². The maximum Gasteiger partial charge on any atom is 0.270 e. The molecule has 168 valence electrons. The van der Waals surface area contributed by atoms with Gasteiger partial charge in [-0.1, -0.05) is 6.07 Å². The number of halogens is 2. The van der Waals surface area contributed by atoms with Crippen molar-refractivity contribution in [3.05, 3.63) is 63.8 Å². The molecular weight excluding hydrogens is 418 g/mol. The van der Waals surface area contributed by atoms with Crippen LogP contribution in [-0.4, -0.2) is 65.4 Å². The number of nitrogens with one attached hydrogen (secondary N) is 2. The van der Waals surface area contributed by atoms with E-state index in [0.29, 0.717) is 23.3 Å². The van der Waals surface area contributed by atoms with E-state index < -0.39 is 18.4 Å². The number of benzene rings is 1. The van der Waals surface area contributed by atoms with Gasteiger partial charge in [0.1, 0.15) is 11.4 Å². The van der Waals surface area contributed by atoms with Crippen LogP contribution in [0.2, 0.25) is 0 Å². The lowest BCUT2D eigenvalue weighted by Gasteiger charge is -2.36. The third kappa shape index (κ3) is 4.91. The molecule has 4 rings (SSSR count). The van der Waals surface area contributed by atoms with Gasteiger partial charge >= 0.3 is 0 Å². The summed E-state index contributed by atoms with van der Waals surface area (Å²) >= 11 is 0. The third-order valence-electron chi connectivity index (χ3n) is 5.53. The van der Waals surface area contributed by atoms with Crippen molar-refractivity contribution in [1.29, 1.82) is 0 Å². The smallest absolute Gasteiger partial charge is 0.270 e. The number of nitrogens with zero attached hydrogens (tertiary/aromatic N) is 4. The summed E-state index contributed by atoms with van der Waals surface area (Å²) in [5.41, 5.74) is 2.72. The molecule has 10 heteroatoms. The molecule has 0 bridgehead atoms. The van der Waals surface area contributed by atoms with E-state index >= 15 is 0 Å². The summed E-state index contributed by atoms with van der Waals surface area (Å²) < 4.78 is 25.2. The van der Waals surface area contributed by atoms with Crippen molar-refractivity contribution in [2.24, 2.45) is 0 Å². The molecule has 32 heavy (non-hydrogen) atoms. The second-order valence-electron chi connectivity index (χ2n) is 7.70. The molecule has 2 aromatic heterocycles. The van der Waals surface area contributed by atoms with E-state index in [1.807, 2.05) is 18.2 Å². The second-order valence-corrected chi connectivity index (χ2v) is 7.70. The lowest BCUT2D eigenvalue weighted by molar-refractivity contribution is 0.0958. The predicted molar refractivity (Wildman–Crippen MR) is 117 cm³/mol. The molecule has 3 aromatic rings. The molecular formula is C22H24F2N6O2. The Bertz CT molecular complexity index is 1160. The number of carbonyl (C=O) groups is 1. The first-order chi connectivity index (χ1) is 15.4. The second kappa shape index (κ2) is 9.39. The normalized spacial score (nSPS) is 14.8. The Hall–Kier alpha value is -3.40. The van der Waals surface area contributed by atoms with E-state index in [-0.39, 0.29) is 11.6 Å². The first-order valence-electron chi connectivity index (χ1n) is 10.4. The van der Waals surface area contributed by atoms with Crippen LogP contribution in [0.5, 0.6) is 0 Å². The number of hydrogen-bond acceptors (Lipinski definition) is 6. The van der Waals surface area contributed by atoms with E-state index in [2.05, 4.69) is 30.1 Å². The van der Waals surface area contributed by atoms with Gasteiger partial charge in [-0.25, -0.2) is 18.7 Å². The average Bonchev–Trinajstić information content (AvgIpc) is 2.79. The number of piperazine rings is 1. The van der Waals surface area contributed by atoms with Crippen LogP contribution in [0, 0.1) is 0 Å². The highest BCUT2D eigenvalue weighted by atomic mass is 19.3. The largest absolute Gasteiger partial charge is 0.368 e. The van der Waals surface area contributed by atoms with Gasteiger partial charge in [0.2, 0.25) is 6.43 Å². The number of aromatic amines is 1. The molecule has 0 atom stereocenters. The van der Waals surface area contributed by atoms with Gasteiger partial charge in [-0.15, -0.1) is 0 Å². The first kappa shape index (κ1) is 21.8. The molecule has 0 radical (unpaired) electrons. The summed E-state index contributed by atoms with van der Waals surface area (Å²) in [5.74, 6) is -0.210. The minimum atomic E-state index is -2.61. The Labute approximate surface area is 183 Å². The highest BCUT2D eigenvalue weighted by molar-refractivity contribution is 5.92. The van der Waals surface area contributed by atoms with E-state index in [9.17, 15) is 18.4 Å². The van der Waals surface area contributed by atoms with Crippen LogP contribution in [0.3, 0.4) is 0 Å². The number of H-pyrrole nitrogens is 1. The molecule has 0 aliphatic carbocycles. The first-order valence-corrected chi connectivity index (χ1v) is 10.4. The van der Waals surface area contributed by atoms with Gasteiger partial charge in [0.05, 0.1) is 29.3 Å². The van der Waals surface area contributed by atoms with Crippen LogP contribution in [0.1, 0.15) is 21.7 Å². The van der Waals surface area contributed by atoms with Gasteiger partial charge in [0.15, 0.2) is 0 Å². The van der Waals surface area contributed by atoms with Crippen LogP contribution < -0.4 is 15.8 Å². The molecule has 1 aliphatic rings. The van der Waals surface area contributed by atoms with Gasteiger partial charge in [0.25, 0.3) is 11.5 Å². The Morgan fingerprint density at radius 2 is 1.97 bits per heavy atom. The molecule has 1 amide bonds. The number of pyridine rings is 1. The van der Waals surface area contributed by atoms with E-state index in [1.165, 1.54) is 0 Å². The van der Waals surface area contributed by atoms with Gasteiger partial charge in [-0.05, 0) is 29.8 Å². The number of carbonyl (C=O) groups excluding carboxylic acids is 1. The standard InChI is InChI=1S/C22H24F2N6O2/c1-25-21(31)17-5-3-15(12-26-17)30-8-6-29(7-9-30)13-14-2-4-16-18(10-14)28-22(32)19(27-16)11-20(23)24/h2-5,10,12,20H,6-9,11,13H2,1H3,(H,25,31)(H,28,32). The molecule has 1 aromatic carbocycles. The molecule has 3 heterocycles. The Morgan fingerprint density at radius 3 is 2.62 bits per heavy atom. The van der Waals surface area contributed by atoms with Crippen LogP contribution >= 0.6 is 0 Å². The summed E-state index contributed by atoms with van der Waals surface area (Å²) in [7, 11) is 1.57. The number of rotatable bonds is 6. The quantitative estimate of drug-likeness (QED) is 0.605. The van der Waals surface area contributed by atoms with E-state index in [1.54, 1.807) is 25.4 Å². The van der Waals surface area contributed by atoms with Crippen molar-refractivity contribution < 1.29 is 13.6 Å². The number of aromatic nitrogens is 3.